The monoisotopic (exact) mass is 290 g/mol. The minimum absolute atomic E-state index is 0.224. The molecule has 1 aromatic carbocycles. The molecular weight excluding hydrogens is 271 g/mol. The molecular formula is C15H19FN4O. The summed E-state index contributed by atoms with van der Waals surface area (Å²) in [5.41, 5.74) is 6.21. The summed E-state index contributed by atoms with van der Waals surface area (Å²) in [7, 11) is 1.48. The van der Waals surface area contributed by atoms with Crippen LogP contribution in [0, 0.1) is 5.82 Å². The van der Waals surface area contributed by atoms with Crippen LogP contribution < -0.4 is 15.8 Å². The van der Waals surface area contributed by atoms with Crippen LogP contribution in [0.4, 0.5) is 21.7 Å². The van der Waals surface area contributed by atoms with E-state index in [2.05, 4.69) is 15.3 Å². The molecule has 0 aliphatic carbocycles. The van der Waals surface area contributed by atoms with Crippen molar-refractivity contribution in [3.05, 3.63) is 35.9 Å². The molecule has 0 unspecified atom stereocenters. The summed E-state index contributed by atoms with van der Waals surface area (Å²) in [4.78, 5) is 8.69. The lowest BCUT2D eigenvalue weighted by Crippen LogP contribution is -2.17. The molecule has 0 saturated carbocycles. The molecule has 0 spiro atoms. The van der Waals surface area contributed by atoms with Crippen LogP contribution in [0.25, 0.3) is 0 Å². The van der Waals surface area contributed by atoms with Gasteiger partial charge in [0.1, 0.15) is 29.0 Å². The summed E-state index contributed by atoms with van der Waals surface area (Å²) in [6, 6.07) is 5.86. The van der Waals surface area contributed by atoms with Crippen molar-refractivity contribution in [2.75, 3.05) is 18.2 Å². The van der Waals surface area contributed by atoms with Gasteiger partial charge in [-0.25, -0.2) is 14.4 Å². The van der Waals surface area contributed by atoms with Crippen molar-refractivity contribution in [2.24, 2.45) is 0 Å². The summed E-state index contributed by atoms with van der Waals surface area (Å²) in [6.07, 6.45) is 0. The third-order valence-electron chi connectivity index (χ3n) is 2.84. The summed E-state index contributed by atoms with van der Waals surface area (Å²) < 4.78 is 18.4. The zero-order chi connectivity index (χ0) is 15.6. The third-order valence-corrected chi connectivity index (χ3v) is 2.84. The summed E-state index contributed by atoms with van der Waals surface area (Å²) in [5.74, 6) is 1.57. The number of nitrogen functional groups attached to an aromatic ring is 1. The van der Waals surface area contributed by atoms with Crippen molar-refractivity contribution in [3.8, 4) is 5.75 Å². The fourth-order valence-corrected chi connectivity index (χ4v) is 1.77. The number of nitrogens with zero attached hydrogens (tertiary/aromatic N) is 2. The lowest BCUT2D eigenvalue weighted by Gasteiger charge is -2.18. The highest BCUT2D eigenvalue weighted by Gasteiger charge is 2.19. The highest BCUT2D eigenvalue weighted by atomic mass is 19.1. The first-order chi connectivity index (χ1) is 9.79. The number of anilines is 3. The van der Waals surface area contributed by atoms with Crippen molar-refractivity contribution in [1.82, 2.24) is 9.97 Å². The Morgan fingerprint density at radius 2 is 1.90 bits per heavy atom. The number of hydrogen-bond donors (Lipinski definition) is 2. The van der Waals surface area contributed by atoms with Gasteiger partial charge in [-0.2, -0.15) is 0 Å². The van der Waals surface area contributed by atoms with Crippen LogP contribution in [0.3, 0.4) is 0 Å². The van der Waals surface area contributed by atoms with Crippen LogP contribution in [0.15, 0.2) is 24.3 Å². The lowest BCUT2D eigenvalue weighted by molar-refractivity contribution is 0.413. The van der Waals surface area contributed by atoms with Gasteiger partial charge in [0.25, 0.3) is 0 Å². The van der Waals surface area contributed by atoms with Crippen molar-refractivity contribution < 1.29 is 9.13 Å². The summed E-state index contributed by atoms with van der Waals surface area (Å²) in [6.45, 7) is 6.01. The second-order valence-corrected chi connectivity index (χ2v) is 5.72. The molecule has 3 N–H and O–H groups in total. The van der Waals surface area contributed by atoms with Crippen LogP contribution in [0.2, 0.25) is 0 Å². The van der Waals surface area contributed by atoms with Crippen LogP contribution in [-0.2, 0) is 5.41 Å². The molecule has 0 amide bonds. The van der Waals surface area contributed by atoms with E-state index in [-0.39, 0.29) is 11.2 Å². The van der Waals surface area contributed by atoms with Crippen LogP contribution in [-0.4, -0.2) is 17.1 Å². The molecule has 0 fully saturated rings. The van der Waals surface area contributed by atoms with Gasteiger partial charge >= 0.3 is 0 Å². The van der Waals surface area contributed by atoms with Gasteiger partial charge in [-0.3, -0.25) is 0 Å². The van der Waals surface area contributed by atoms with E-state index in [9.17, 15) is 4.39 Å². The lowest BCUT2D eigenvalue weighted by atomic mass is 9.96. The Hall–Kier alpha value is -2.37. The average Bonchev–Trinajstić information content (AvgIpc) is 2.39. The Morgan fingerprint density at radius 3 is 2.52 bits per heavy atom. The Kier molecular flexibility index (Phi) is 3.97. The molecule has 0 aliphatic heterocycles. The Bertz CT molecular complexity index is 653. The van der Waals surface area contributed by atoms with E-state index in [1.807, 2.05) is 20.8 Å². The van der Waals surface area contributed by atoms with Gasteiger partial charge in [0.15, 0.2) is 0 Å². The van der Waals surface area contributed by atoms with Crippen molar-refractivity contribution in [3.63, 3.8) is 0 Å². The number of hydrogen-bond acceptors (Lipinski definition) is 5. The number of ether oxygens (including phenoxy) is 1. The smallest absolute Gasteiger partial charge is 0.145 e. The second-order valence-electron chi connectivity index (χ2n) is 5.72. The average molecular weight is 290 g/mol. The maximum absolute atomic E-state index is 13.2. The van der Waals surface area contributed by atoms with Gasteiger partial charge < -0.3 is 15.8 Å². The van der Waals surface area contributed by atoms with Crippen LogP contribution in [0.5, 0.6) is 5.75 Å². The normalized spacial score (nSPS) is 11.3. The number of nitrogens with one attached hydrogen (secondary N) is 1. The predicted octanol–water partition coefficient (Wildman–Crippen LogP) is 3.25. The molecule has 0 radical (unpaired) electrons. The van der Waals surface area contributed by atoms with Crippen LogP contribution >= 0.6 is 0 Å². The van der Waals surface area contributed by atoms with E-state index in [1.165, 1.54) is 19.2 Å². The van der Waals surface area contributed by atoms with Gasteiger partial charge in [0.05, 0.1) is 12.8 Å². The molecule has 0 saturated heterocycles. The molecule has 21 heavy (non-hydrogen) atoms. The van der Waals surface area contributed by atoms with E-state index in [4.69, 9.17) is 10.5 Å². The third kappa shape index (κ3) is 3.59. The fourth-order valence-electron chi connectivity index (χ4n) is 1.77. The fraction of sp³-hybridized carbons (Fsp3) is 0.333. The van der Waals surface area contributed by atoms with E-state index in [0.29, 0.717) is 28.9 Å². The van der Waals surface area contributed by atoms with Crippen molar-refractivity contribution in [1.29, 1.82) is 0 Å². The van der Waals surface area contributed by atoms with Gasteiger partial charge in [-0.05, 0) is 12.1 Å². The molecule has 6 heteroatoms. The van der Waals surface area contributed by atoms with Gasteiger partial charge in [0.2, 0.25) is 0 Å². The topological polar surface area (TPSA) is 73.1 Å². The first kappa shape index (κ1) is 15.0. The number of nitrogens with two attached hydrogens (primary N) is 1. The van der Waals surface area contributed by atoms with Gasteiger partial charge in [-0.15, -0.1) is 0 Å². The number of halogens is 1. The molecule has 2 aromatic rings. The second kappa shape index (κ2) is 5.55. The zero-order valence-electron chi connectivity index (χ0n) is 12.6. The van der Waals surface area contributed by atoms with Crippen LogP contribution in [0.1, 0.15) is 26.6 Å². The Labute approximate surface area is 123 Å². The number of rotatable bonds is 3. The highest BCUT2D eigenvalue weighted by Crippen LogP contribution is 2.29. The highest BCUT2D eigenvalue weighted by molar-refractivity contribution is 5.65. The molecule has 0 aliphatic rings. The summed E-state index contributed by atoms with van der Waals surface area (Å²) in [5, 5.41) is 3.08. The number of benzene rings is 1. The standard InChI is InChI=1S/C15H19FN4O/c1-15(2,3)14-19-12(17)8-13(20-14)18-10-6-5-9(16)7-11(10)21-4/h5-8H,1-4H3,(H3,17,18,19,20). The first-order valence-electron chi connectivity index (χ1n) is 6.55. The quantitative estimate of drug-likeness (QED) is 0.907. The molecule has 0 atom stereocenters. The Morgan fingerprint density at radius 1 is 1.19 bits per heavy atom. The molecule has 0 bridgehead atoms. The molecule has 2 rings (SSSR count). The number of methoxy groups -OCH3 is 1. The van der Waals surface area contributed by atoms with E-state index in [1.54, 1.807) is 12.1 Å². The maximum atomic E-state index is 13.2. The minimum atomic E-state index is -0.366. The SMILES string of the molecule is COc1cc(F)ccc1Nc1cc(N)nc(C(C)(C)C)n1. The summed E-state index contributed by atoms with van der Waals surface area (Å²) >= 11 is 0. The van der Waals surface area contributed by atoms with Crippen molar-refractivity contribution in [2.45, 2.75) is 26.2 Å². The molecule has 112 valence electrons. The van der Waals surface area contributed by atoms with Gasteiger partial charge in [-0.1, -0.05) is 20.8 Å². The number of aromatic nitrogens is 2. The molecule has 1 aromatic heterocycles. The van der Waals surface area contributed by atoms with E-state index < -0.39 is 0 Å². The minimum Gasteiger partial charge on any atom is -0.494 e. The van der Waals surface area contributed by atoms with E-state index in [0.717, 1.165) is 0 Å². The molecule has 1 heterocycles. The molecule has 5 nitrogen and oxygen atoms in total. The largest absolute Gasteiger partial charge is 0.494 e. The van der Waals surface area contributed by atoms with E-state index >= 15 is 0 Å². The van der Waals surface area contributed by atoms with Gasteiger partial charge in [0, 0.05) is 17.5 Å². The predicted molar refractivity (Wildman–Crippen MR) is 81.4 cm³/mol. The maximum Gasteiger partial charge on any atom is 0.145 e. The first-order valence-corrected chi connectivity index (χ1v) is 6.55. The Balaban J connectivity index is 2.38. The zero-order valence-corrected chi connectivity index (χ0v) is 12.6. The van der Waals surface area contributed by atoms with Crippen molar-refractivity contribution >= 4 is 17.3 Å².